The molecule has 4 rings (SSSR count). The van der Waals surface area contributed by atoms with Crippen LogP contribution in [0.15, 0.2) is 46.4 Å². The van der Waals surface area contributed by atoms with E-state index in [1.807, 2.05) is 52.8 Å². The summed E-state index contributed by atoms with van der Waals surface area (Å²) >= 11 is 0. The SMILES string of the molecule is CC(C)(C)c1cc(/C=C/C(=O)O)c(O)c(C(C)(C)C)c1.CC1=NCCN1.CC1=NCCN1C(=O)/C=C/c1cc(C(C)(C)C)cc(C(C)(C)C)c1O. The highest BCUT2D eigenvalue weighted by molar-refractivity contribution is 6.04. The molecule has 0 aliphatic carbocycles. The lowest BCUT2D eigenvalue weighted by Gasteiger charge is -2.27. The maximum absolute atomic E-state index is 12.4. The molecule has 0 unspecified atom stereocenters. The normalized spacial score (nSPS) is 15.1. The van der Waals surface area contributed by atoms with Crippen molar-refractivity contribution in [3.63, 3.8) is 0 Å². The van der Waals surface area contributed by atoms with Gasteiger partial charge in [0.05, 0.1) is 18.9 Å². The lowest BCUT2D eigenvalue weighted by molar-refractivity contribution is -0.131. The summed E-state index contributed by atoms with van der Waals surface area (Å²) in [5.74, 6) is 1.10. The number of phenols is 2. The number of amidine groups is 2. The number of hydrogen-bond acceptors (Lipinski definition) is 7. The van der Waals surface area contributed by atoms with E-state index in [1.54, 1.807) is 11.0 Å². The maximum atomic E-state index is 12.4. The number of phenolic OH excluding ortho intramolecular Hbond substituents is 2. The number of aromatic hydroxyl groups is 2. The number of benzene rings is 2. The lowest BCUT2D eigenvalue weighted by Crippen LogP contribution is -2.31. The third-order valence-corrected chi connectivity index (χ3v) is 8.60. The Morgan fingerprint density at radius 2 is 1.14 bits per heavy atom. The fourth-order valence-corrected chi connectivity index (χ4v) is 5.33. The van der Waals surface area contributed by atoms with Gasteiger partial charge in [0.25, 0.3) is 5.91 Å². The smallest absolute Gasteiger partial charge is 0.328 e. The zero-order chi connectivity index (χ0) is 39.1. The van der Waals surface area contributed by atoms with Crippen LogP contribution in [0.5, 0.6) is 11.5 Å². The Bertz CT molecular complexity index is 1690. The molecule has 0 radical (unpaired) electrons. The number of carbonyl (C=O) groups is 2. The minimum atomic E-state index is -1.03. The predicted molar refractivity (Wildman–Crippen MR) is 212 cm³/mol. The van der Waals surface area contributed by atoms with Crippen LogP contribution >= 0.6 is 0 Å². The molecule has 280 valence electrons. The molecular formula is C42H62N4O5. The van der Waals surface area contributed by atoms with Crippen molar-refractivity contribution in [1.29, 1.82) is 0 Å². The van der Waals surface area contributed by atoms with E-state index < -0.39 is 5.97 Å². The Hall–Kier alpha value is -4.40. The molecule has 9 heteroatoms. The number of nitrogens with one attached hydrogen (secondary N) is 1. The molecular weight excluding hydrogens is 640 g/mol. The molecule has 2 heterocycles. The number of carboxylic acid groups (broad SMARTS) is 1. The fraction of sp³-hybridized carbons (Fsp3) is 0.524. The fourth-order valence-electron chi connectivity index (χ4n) is 5.33. The van der Waals surface area contributed by atoms with Crippen molar-refractivity contribution in [2.45, 2.75) is 119 Å². The van der Waals surface area contributed by atoms with Gasteiger partial charge < -0.3 is 20.6 Å². The Morgan fingerprint density at radius 1 is 0.686 bits per heavy atom. The van der Waals surface area contributed by atoms with Crippen molar-refractivity contribution in [3.05, 3.63) is 69.8 Å². The minimum absolute atomic E-state index is 0.0432. The summed E-state index contributed by atoms with van der Waals surface area (Å²) in [5, 5.41) is 33.0. The van der Waals surface area contributed by atoms with E-state index in [2.05, 4.69) is 83.7 Å². The van der Waals surface area contributed by atoms with Crippen molar-refractivity contribution in [2.75, 3.05) is 26.2 Å². The van der Waals surface area contributed by atoms with E-state index in [0.717, 1.165) is 53.1 Å². The Balaban J connectivity index is 0.000000308. The summed E-state index contributed by atoms with van der Waals surface area (Å²) in [6.07, 6.45) is 5.74. The van der Waals surface area contributed by atoms with Crippen molar-refractivity contribution in [2.24, 2.45) is 9.98 Å². The van der Waals surface area contributed by atoms with Gasteiger partial charge in [-0.2, -0.15) is 0 Å². The van der Waals surface area contributed by atoms with Crippen LogP contribution < -0.4 is 5.32 Å². The summed E-state index contributed by atoms with van der Waals surface area (Å²) < 4.78 is 0. The third kappa shape index (κ3) is 12.7. The van der Waals surface area contributed by atoms with Gasteiger partial charge in [0.1, 0.15) is 17.3 Å². The Morgan fingerprint density at radius 3 is 1.43 bits per heavy atom. The highest BCUT2D eigenvalue weighted by Gasteiger charge is 2.26. The van der Waals surface area contributed by atoms with Gasteiger partial charge in [-0.05, 0) is 70.9 Å². The molecule has 0 saturated carbocycles. The number of nitrogens with zero attached hydrogens (tertiary/aromatic N) is 3. The average molecular weight is 703 g/mol. The molecule has 2 aromatic rings. The van der Waals surface area contributed by atoms with E-state index in [0.29, 0.717) is 24.2 Å². The standard InChI is InChI=1S/C21H30N2O2.C17H24O3.C4H8N2/c1-14-22-10-11-23(14)18(24)9-8-15-12-16(20(2,3)4)13-17(19(15)25)21(5,6)7;1-16(2,3)12-9-11(7-8-14(18)19)15(20)13(10-12)17(4,5)6;1-4-5-2-3-6-4/h8-9,12-13,25H,10-11H2,1-7H3;7-10,20H,1-6H3,(H,18,19);2-3H2,1H3,(H,5,6)/b9-8+;8-7+;. The molecule has 0 bridgehead atoms. The van der Waals surface area contributed by atoms with Crippen LogP contribution in [-0.4, -0.2) is 69.9 Å². The topological polar surface area (TPSA) is 135 Å². The van der Waals surface area contributed by atoms with Crippen molar-refractivity contribution in [1.82, 2.24) is 10.2 Å². The quantitative estimate of drug-likeness (QED) is 0.237. The summed E-state index contributed by atoms with van der Waals surface area (Å²) in [6, 6.07) is 7.91. The van der Waals surface area contributed by atoms with Gasteiger partial charge in [-0.3, -0.25) is 19.7 Å². The van der Waals surface area contributed by atoms with Gasteiger partial charge in [0.15, 0.2) is 0 Å². The van der Waals surface area contributed by atoms with Crippen molar-refractivity contribution >= 4 is 35.7 Å². The highest BCUT2D eigenvalue weighted by atomic mass is 16.4. The molecule has 0 spiro atoms. The Kier molecular flexibility index (Phi) is 14.0. The second-order valence-electron chi connectivity index (χ2n) is 17.2. The first-order chi connectivity index (χ1) is 23.2. The predicted octanol–water partition coefficient (Wildman–Crippen LogP) is 8.35. The summed E-state index contributed by atoms with van der Waals surface area (Å²) in [6.45, 7) is 32.1. The third-order valence-electron chi connectivity index (χ3n) is 8.60. The largest absolute Gasteiger partial charge is 0.507 e. The molecule has 1 amide bonds. The molecule has 9 nitrogen and oxygen atoms in total. The highest BCUT2D eigenvalue weighted by Crippen LogP contribution is 2.39. The van der Waals surface area contributed by atoms with Crippen LogP contribution in [0.25, 0.3) is 12.2 Å². The van der Waals surface area contributed by atoms with Crippen LogP contribution in [0.4, 0.5) is 0 Å². The molecule has 2 aromatic carbocycles. The van der Waals surface area contributed by atoms with Gasteiger partial charge in [-0.15, -0.1) is 0 Å². The number of carbonyl (C=O) groups excluding carboxylic acids is 1. The molecule has 4 N–H and O–H groups in total. The zero-order valence-corrected chi connectivity index (χ0v) is 33.4. The summed E-state index contributed by atoms with van der Waals surface area (Å²) in [7, 11) is 0. The minimum Gasteiger partial charge on any atom is -0.507 e. The molecule has 2 aliphatic heterocycles. The number of aliphatic carboxylic acids is 1. The first-order valence-corrected chi connectivity index (χ1v) is 17.7. The van der Waals surface area contributed by atoms with Crippen LogP contribution in [0, 0.1) is 0 Å². The zero-order valence-electron chi connectivity index (χ0n) is 33.4. The first kappa shape index (κ1) is 42.8. The first-order valence-electron chi connectivity index (χ1n) is 17.7. The van der Waals surface area contributed by atoms with Crippen LogP contribution in [0.1, 0.15) is 130 Å². The second-order valence-corrected chi connectivity index (χ2v) is 17.2. The second kappa shape index (κ2) is 16.7. The summed E-state index contributed by atoms with van der Waals surface area (Å²) in [4.78, 5) is 33.0. The van der Waals surface area contributed by atoms with Gasteiger partial charge in [0.2, 0.25) is 0 Å². The van der Waals surface area contributed by atoms with Crippen molar-refractivity contribution < 1.29 is 24.9 Å². The number of carboxylic acids is 1. The van der Waals surface area contributed by atoms with Gasteiger partial charge >= 0.3 is 5.97 Å². The molecule has 0 fully saturated rings. The number of rotatable bonds is 4. The van der Waals surface area contributed by atoms with E-state index in [-0.39, 0.29) is 39.1 Å². The summed E-state index contributed by atoms with van der Waals surface area (Å²) in [5.41, 5.74) is 4.65. The van der Waals surface area contributed by atoms with Gasteiger partial charge in [0, 0.05) is 47.5 Å². The van der Waals surface area contributed by atoms with Crippen LogP contribution in [0.3, 0.4) is 0 Å². The monoisotopic (exact) mass is 702 g/mol. The lowest BCUT2D eigenvalue weighted by atomic mass is 9.79. The molecule has 0 aromatic heterocycles. The van der Waals surface area contributed by atoms with Crippen molar-refractivity contribution in [3.8, 4) is 11.5 Å². The maximum Gasteiger partial charge on any atom is 0.328 e. The van der Waals surface area contributed by atoms with E-state index in [9.17, 15) is 19.8 Å². The number of aliphatic imine (C=N–C) groups is 2. The van der Waals surface area contributed by atoms with E-state index >= 15 is 0 Å². The van der Waals surface area contributed by atoms with Crippen LogP contribution in [0.2, 0.25) is 0 Å². The molecule has 0 atom stereocenters. The van der Waals surface area contributed by atoms with Gasteiger partial charge in [-0.25, -0.2) is 4.79 Å². The van der Waals surface area contributed by atoms with Crippen LogP contribution in [-0.2, 0) is 31.2 Å². The number of amides is 1. The number of hydrogen-bond donors (Lipinski definition) is 4. The molecule has 2 aliphatic rings. The molecule has 0 saturated heterocycles. The Labute approximate surface area is 306 Å². The molecule has 51 heavy (non-hydrogen) atoms. The van der Waals surface area contributed by atoms with E-state index in [4.69, 9.17) is 5.11 Å². The van der Waals surface area contributed by atoms with E-state index in [1.165, 1.54) is 12.2 Å². The average Bonchev–Trinajstić information content (AvgIpc) is 3.64. The van der Waals surface area contributed by atoms with Gasteiger partial charge in [-0.1, -0.05) is 95.2 Å².